The first-order valence-electron chi connectivity index (χ1n) is 12.4. The van der Waals surface area contributed by atoms with Crippen molar-refractivity contribution in [3.05, 3.63) is 67.1 Å². The van der Waals surface area contributed by atoms with Gasteiger partial charge in [0.05, 0.1) is 23.4 Å². The number of nitrogens with one attached hydrogen (secondary N) is 1. The maximum Gasteiger partial charge on any atom is 0.225 e. The molecule has 5 aromatic rings. The minimum atomic E-state index is 0.288. The molecule has 174 valence electrons. The number of likely N-dealkylation sites (tertiary alicyclic amines) is 1. The van der Waals surface area contributed by atoms with Crippen LogP contribution in [0, 0.1) is 11.8 Å². The lowest BCUT2D eigenvalue weighted by atomic mass is 10.0. The Bertz CT molecular complexity index is 1550. The van der Waals surface area contributed by atoms with Gasteiger partial charge >= 0.3 is 0 Å². The number of carbonyl (C=O) groups excluding carboxylic acids is 1. The first-order chi connectivity index (χ1) is 17.2. The van der Waals surface area contributed by atoms with Crippen molar-refractivity contribution in [1.82, 2.24) is 29.6 Å². The van der Waals surface area contributed by atoms with Crippen molar-refractivity contribution in [1.29, 1.82) is 0 Å². The van der Waals surface area contributed by atoms with E-state index < -0.39 is 0 Å². The summed E-state index contributed by atoms with van der Waals surface area (Å²) in [7, 11) is 0. The van der Waals surface area contributed by atoms with Crippen LogP contribution in [0.4, 0.5) is 0 Å². The summed E-state index contributed by atoms with van der Waals surface area (Å²) in [6, 6.07) is 16.9. The number of aromatic nitrogens is 5. The minimum absolute atomic E-state index is 0.288. The molecule has 2 aliphatic rings. The van der Waals surface area contributed by atoms with Gasteiger partial charge in [0, 0.05) is 42.7 Å². The average molecular weight is 463 g/mol. The number of imidazole rings is 1. The third-order valence-corrected chi connectivity index (χ3v) is 7.45. The first kappa shape index (κ1) is 20.4. The monoisotopic (exact) mass is 462 g/mol. The molecule has 3 aromatic heterocycles. The van der Waals surface area contributed by atoms with E-state index in [1.54, 1.807) is 0 Å². The van der Waals surface area contributed by atoms with Gasteiger partial charge in [-0.25, -0.2) is 4.98 Å². The summed E-state index contributed by atoms with van der Waals surface area (Å²) in [5, 5.41) is 8.36. The van der Waals surface area contributed by atoms with Crippen LogP contribution in [-0.2, 0) is 11.3 Å². The number of carbonyl (C=O) groups is 1. The van der Waals surface area contributed by atoms with Gasteiger partial charge in [0.15, 0.2) is 0 Å². The van der Waals surface area contributed by atoms with Gasteiger partial charge in [0.1, 0.15) is 11.3 Å². The molecule has 1 N–H and O–H groups in total. The van der Waals surface area contributed by atoms with E-state index in [2.05, 4.69) is 61.0 Å². The third kappa shape index (κ3) is 3.58. The van der Waals surface area contributed by atoms with E-state index in [9.17, 15) is 4.79 Å². The molecule has 0 unspecified atom stereocenters. The smallest absolute Gasteiger partial charge is 0.225 e. The fraction of sp³-hybridized carbons (Fsp3) is 0.286. The molecule has 7 rings (SSSR count). The van der Waals surface area contributed by atoms with Gasteiger partial charge in [-0.2, -0.15) is 5.10 Å². The predicted octanol–water partition coefficient (Wildman–Crippen LogP) is 4.90. The van der Waals surface area contributed by atoms with Crippen molar-refractivity contribution in [3.8, 4) is 22.5 Å². The summed E-state index contributed by atoms with van der Waals surface area (Å²) in [5.74, 6) is 2.03. The van der Waals surface area contributed by atoms with Crippen molar-refractivity contribution in [2.45, 2.75) is 25.8 Å². The summed E-state index contributed by atoms with van der Waals surface area (Å²) in [6.45, 7) is 2.56. The van der Waals surface area contributed by atoms with Crippen LogP contribution in [0.15, 0.2) is 67.1 Å². The Hall–Kier alpha value is -4.00. The van der Waals surface area contributed by atoms with E-state index in [1.165, 1.54) is 0 Å². The van der Waals surface area contributed by atoms with Crippen molar-refractivity contribution < 1.29 is 4.79 Å². The second-order valence-corrected chi connectivity index (χ2v) is 9.84. The van der Waals surface area contributed by atoms with Crippen LogP contribution in [0.25, 0.3) is 44.5 Å². The topological polar surface area (TPSA) is 79.7 Å². The first-order valence-corrected chi connectivity index (χ1v) is 12.4. The normalized spacial score (nSPS) is 18.1. The van der Waals surface area contributed by atoms with Gasteiger partial charge in [-0.05, 0) is 48.4 Å². The van der Waals surface area contributed by atoms with Gasteiger partial charge in [0.25, 0.3) is 0 Å². The Kier molecular flexibility index (Phi) is 4.68. The van der Waals surface area contributed by atoms with Crippen LogP contribution in [-0.4, -0.2) is 48.6 Å². The Morgan fingerprint density at radius 3 is 2.71 bits per heavy atom. The molecule has 4 heterocycles. The second kappa shape index (κ2) is 8.05. The van der Waals surface area contributed by atoms with Crippen LogP contribution >= 0.6 is 0 Å². The number of nitrogens with zero attached hydrogens (tertiary/aromatic N) is 5. The molecule has 1 saturated carbocycles. The fourth-order valence-electron chi connectivity index (χ4n) is 5.43. The number of hydrogen-bond donors (Lipinski definition) is 1. The van der Waals surface area contributed by atoms with Crippen molar-refractivity contribution in [2.24, 2.45) is 11.8 Å². The average Bonchev–Trinajstić information content (AvgIpc) is 3.28. The maximum absolute atomic E-state index is 12.6. The standard InChI is InChI=1S/C28H26N6O/c35-28(21-8-9-21)33-13-11-18(16-33)17-34-26-10-12-29-15-25(26)31-27(34)20-6-4-19(5-7-20)22-2-1-3-24-23(22)14-30-32-24/h1-7,10,12,14-15,18,21H,8-9,11,13,16-17H2,(H,30,32)/t18-/m1/s1. The molecule has 35 heavy (non-hydrogen) atoms. The van der Waals surface area contributed by atoms with Crippen LogP contribution in [0.1, 0.15) is 19.3 Å². The molecule has 0 radical (unpaired) electrons. The number of hydrogen-bond acceptors (Lipinski definition) is 4. The number of aromatic amines is 1. The highest BCUT2D eigenvalue weighted by Gasteiger charge is 2.36. The molecule has 1 saturated heterocycles. The van der Waals surface area contributed by atoms with E-state index in [0.29, 0.717) is 11.8 Å². The molecule has 7 nitrogen and oxygen atoms in total. The molecule has 7 heteroatoms. The molecule has 1 amide bonds. The second-order valence-electron chi connectivity index (χ2n) is 9.84. The number of fused-ring (bicyclic) bond motifs is 2. The van der Waals surface area contributed by atoms with Gasteiger partial charge in [-0.3, -0.25) is 14.9 Å². The Balaban J connectivity index is 1.21. The number of amides is 1. The summed E-state index contributed by atoms with van der Waals surface area (Å²) in [6.07, 6.45) is 8.71. The van der Waals surface area contributed by atoms with Crippen LogP contribution in [0.3, 0.4) is 0 Å². The summed E-state index contributed by atoms with van der Waals surface area (Å²) in [5.41, 5.74) is 6.41. The summed E-state index contributed by atoms with van der Waals surface area (Å²) < 4.78 is 2.32. The molecular formula is C28H26N6O. The van der Waals surface area contributed by atoms with Gasteiger partial charge in [0.2, 0.25) is 5.91 Å². The van der Waals surface area contributed by atoms with Gasteiger partial charge in [-0.15, -0.1) is 0 Å². The van der Waals surface area contributed by atoms with E-state index in [4.69, 9.17) is 4.98 Å². The zero-order valence-electron chi connectivity index (χ0n) is 19.4. The van der Waals surface area contributed by atoms with Gasteiger partial charge in [-0.1, -0.05) is 36.4 Å². The summed E-state index contributed by atoms with van der Waals surface area (Å²) >= 11 is 0. The van der Waals surface area contributed by atoms with E-state index in [-0.39, 0.29) is 5.92 Å². The molecule has 0 bridgehead atoms. The van der Waals surface area contributed by atoms with Crippen LogP contribution < -0.4 is 0 Å². The Labute approximate surface area is 202 Å². The molecule has 0 spiro atoms. The SMILES string of the molecule is O=C(C1CC1)N1CC[C@@H](Cn2c(-c3ccc(-c4cccc5[nH]ncc45)cc3)nc3cnccc32)C1. The number of rotatable bonds is 5. The fourth-order valence-corrected chi connectivity index (χ4v) is 5.43. The number of benzene rings is 2. The highest BCUT2D eigenvalue weighted by Crippen LogP contribution is 2.34. The zero-order chi connectivity index (χ0) is 23.4. The van der Waals surface area contributed by atoms with Crippen molar-refractivity contribution in [3.63, 3.8) is 0 Å². The maximum atomic E-state index is 12.6. The Morgan fingerprint density at radius 2 is 1.86 bits per heavy atom. The zero-order valence-corrected chi connectivity index (χ0v) is 19.4. The molecular weight excluding hydrogens is 436 g/mol. The summed E-state index contributed by atoms with van der Waals surface area (Å²) in [4.78, 5) is 23.9. The highest BCUT2D eigenvalue weighted by molar-refractivity contribution is 5.94. The van der Waals surface area contributed by atoms with Crippen LogP contribution in [0.5, 0.6) is 0 Å². The minimum Gasteiger partial charge on any atom is -0.342 e. The predicted molar refractivity (Wildman–Crippen MR) is 135 cm³/mol. The van der Waals surface area contributed by atoms with E-state index >= 15 is 0 Å². The quantitative estimate of drug-likeness (QED) is 0.403. The number of H-pyrrole nitrogens is 1. The van der Waals surface area contributed by atoms with Gasteiger partial charge < -0.3 is 9.47 Å². The van der Waals surface area contributed by atoms with Crippen molar-refractivity contribution >= 4 is 27.8 Å². The Morgan fingerprint density at radius 1 is 1.00 bits per heavy atom. The molecule has 1 atom stereocenters. The lowest BCUT2D eigenvalue weighted by molar-refractivity contribution is -0.131. The molecule has 1 aliphatic heterocycles. The molecule has 2 aromatic carbocycles. The third-order valence-electron chi connectivity index (χ3n) is 7.45. The largest absolute Gasteiger partial charge is 0.342 e. The van der Waals surface area contributed by atoms with Crippen LogP contribution in [0.2, 0.25) is 0 Å². The van der Waals surface area contributed by atoms with E-state index in [1.807, 2.05) is 30.7 Å². The number of pyridine rings is 1. The lowest BCUT2D eigenvalue weighted by Gasteiger charge is -2.18. The lowest BCUT2D eigenvalue weighted by Crippen LogP contribution is -2.30. The highest BCUT2D eigenvalue weighted by atomic mass is 16.2. The van der Waals surface area contributed by atoms with Crippen molar-refractivity contribution in [2.75, 3.05) is 13.1 Å². The van der Waals surface area contributed by atoms with E-state index in [0.717, 1.165) is 83.3 Å². The molecule has 1 aliphatic carbocycles. The molecule has 2 fully saturated rings.